The first-order valence-electron chi connectivity index (χ1n) is 16.7. The Labute approximate surface area is 289 Å². The van der Waals surface area contributed by atoms with Crippen LogP contribution >= 0.6 is 0 Å². The van der Waals surface area contributed by atoms with Crippen LogP contribution in [-0.2, 0) is 38.0 Å². The van der Waals surface area contributed by atoms with Gasteiger partial charge in [0.1, 0.15) is 11.8 Å². The standard InChI is InChI=1S/C33H39N9O7S/c1-20-14-34-33(38-30(20)21-15-35-39(2)16-21)36-22-8-12-41(13-9-22)50(47,48)23-10-11-40(17-23)29(44)19-49-27-5-3-4-24-25(27)18-42(32(24)46)26-6-7-28(43)37-31(26)45/h3-5,14-16,22-23,26H,6-13,17-19H2,1-2H3,(H,34,36,38)(H,37,43,45). The zero-order chi connectivity index (χ0) is 35.2. The molecule has 264 valence electrons. The zero-order valence-electron chi connectivity index (χ0n) is 27.9. The molecule has 2 aromatic heterocycles. The van der Waals surface area contributed by atoms with Gasteiger partial charge in [-0.1, -0.05) is 6.07 Å². The molecule has 50 heavy (non-hydrogen) atoms. The first-order chi connectivity index (χ1) is 24.0. The van der Waals surface area contributed by atoms with Gasteiger partial charge >= 0.3 is 0 Å². The van der Waals surface area contributed by atoms with E-state index in [0.717, 1.165) is 16.8 Å². The number of piperidine rings is 2. The maximum atomic E-state index is 13.6. The van der Waals surface area contributed by atoms with Crippen molar-refractivity contribution < 1.29 is 32.3 Å². The van der Waals surface area contributed by atoms with E-state index in [1.807, 2.05) is 20.2 Å². The Morgan fingerprint density at radius 2 is 1.88 bits per heavy atom. The Balaban J connectivity index is 0.908. The van der Waals surface area contributed by atoms with E-state index in [4.69, 9.17) is 9.72 Å². The lowest BCUT2D eigenvalue weighted by atomic mass is 10.0. The molecule has 6 heterocycles. The zero-order valence-corrected chi connectivity index (χ0v) is 28.7. The van der Waals surface area contributed by atoms with Crippen molar-refractivity contribution >= 4 is 39.6 Å². The highest BCUT2D eigenvalue weighted by atomic mass is 32.2. The number of carbonyl (C=O) groups is 4. The third-order valence-corrected chi connectivity index (χ3v) is 12.2. The lowest BCUT2D eigenvalue weighted by molar-refractivity contribution is -0.137. The van der Waals surface area contributed by atoms with Crippen LogP contribution in [0.5, 0.6) is 5.75 Å². The van der Waals surface area contributed by atoms with Crippen molar-refractivity contribution in [1.82, 2.24) is 39.2 Å². The molecule has 2 unspecified atom stereocenters. The molecule has 0 spiro atoms. The summed E-state index contributed by atoms with van der Waals surface area (Å²) < 4.78 is 36.4. The quantitative estimate of drug-likeness (QED) is 0.300. The fourth-order valence-corrected chi connectivity index (χ4v) is 9.03. The molecule has 3 aromatic rings. The highest BCUT2D eigenvalue weighted by Crippen LogP contribution is 2.34. The number of nitrogens with zero attached hydrogens (tertiary/aromatic N) is 7. The van der Waals surface area contributed by atoms with Gasteiger partial charge in [0.15, 0.2) is 6.61 Å². The van der Waals surface area contributed by atoms with Crippen molar-refractivity contribution in [3.63, 3.8) is 0 Å². The van der Waals surface area contributed by atoms with Crippen LogP contribution in [0.25, 0.3) is 11.3 Å². The Morgan fingerprint density at radius 1 is 1.08 bits per heavy atom. The summed E-state index contributed by atoms with van der Waals surface area (Å²) in [6, 6.07) is 4.20. The van der Waals surface area contributed by atoms with Gasteiger partial charge in [-0.15, -0.1) is 0 Å². The van der Waals surface area contributed by atoms with E-state index in [9.17, 15) is 27.6 Å². The number of hydrogen-bond donors (Lipinski definition) is 2. The molecule has 1 aromatic carbocycles. The van der Waals surface area contributed by atoms with Crippen molar-refractivity contribution in [1.29, 1.82) is 0 Å². The van der Waals surface area contributed by atoms with Crippen LogP contribution < -0.4 is 15.4 Å². The summed E-state index contributed by atoms with van der Waals surface area (Å²) in [7, 11) is -1.80. The minimum Gasteiger partial charge on any atom is -0.483 e. The minimum absolute atomic E-state index is 0.00976. The number of amides is 4. The molecule has 0 saturated carbocycles. The largest absolute Gasteiger partial charge is 0.483 e. The van der Waals surface area contributed by atoms with Gasteiger partial charge in [0.25, 0.3) is 11.8 Å². The first-order valence-corrected chi connectivity index (χ1v) is 18.2. The van der Waals surface area contributed by atoms with Crippen molar-refractivity contribution in [2.75, 3.05) is 38.1 Å². The third kappa shape index (κ3) is 6.54. The molecule has 4 aliphatic heterocycles. The van der Waals surface area contributed by atoms with Gasteiger partial charge in [-0.05, 0) is 50.3 Å². The number of hydrogen-bond acceptors (Lipinski definition) is 11. The van der Waals surface area contributed by atoms with Gasteiger partial charge in [0, 0.05) is 74.8 Å². The monoisotopic (exact) mass is 705 g/mol. The van der Waals surface area contributed by atoms with Crippen LogP contribution in [0, 0.1) is 6.92 Å². The van der Waals surface area contributed by atoms with E-state index in [1.165, 1.54) is 14.1 Å². The average molecular weight is 706 g/mol. The summed E-state index contributed by atoms with van der Waals surface area (Å²) in [5, 5.41) is 9.17. The second kappa shape index (κ2) is 13.4. The van der Waals surface area contributed by atoms with Gasteiger partial charge in [0.05, 0.1) is 23.7 Å². The number of fused-ring (bicyclic) bond motifs is 1. The van der Waals surface area contributed by atoms with Gasteiger partial charge < -0.3 is 19.9 Å². The number of rotatable bonds is 9. The molecule has 0 radical (unpaired) electrons. The maximum absolute atomic E-state index is 13.6. The third-order valence-electron chi connectivity index (χ3n) is 9.91. The number of benzene rings is 1. The topological polar surface area (TPSA) is 189 Å². The Hall–Kier alpha value is -4.90. The molecule has 0 aliphatic carbocycles. The number of nitrogens with one attached hydrogen (secondary N) is 2. The molecule has 0 bridgehead atoms. The molecule has 2 N–H and O–H groups in total. The number of carbonyl (C=O) groups excluding carboxylic acids is 4. The van der Waals surface area contributed by atoms with Crippen LogP contribution in [0.15, 0.2) is 36.8 Å². The van der Waals surface area contributed by atoms with Gasteiger partial charge in [-0.3, -0.25) is 29.2 Å². The number of aromatic nitrogens is 4. The van der Waals surface area contributed by atoms with Gasteiger partial charge in [-0.2, -0.15) is 5.10 Å². The molecular weight excluding hydrogens is 666 g/mol. The van der Waals surface area contributed by atoms with E-state index in [1.54, 1.807) is 35.3 Å². The van der Waals surface area contributed by atoms with Crippen LogP contribution in [0.4, 0.5) is 5.95 Å². The van der Waals surface area contributed by atoms with E-state index in [0.29, 0.717) is 61.7 Å². The summed E-state index contributed by atoms with van der Waals surface area (Å²) in [5.41, 5.74) is 3.56. The summed E-state index contributed by atoms with van der Waals surface area (Å²) in [4.78, 5) is 62.3. The molecular formula is C33H39N9O7S. The lowest BCUT2D eigenvalue weighted by Crippen LogP contribution is -2.52. The fourth-order valence-electron chi connectivity index (χ4n) is 7.12. The van der Waals surface area contributed by atoms with E-state index < -0.39 is 27.2 Å². The van der Waals surface area contributed by atoms with E-state index in [-0.39, 0.29) is 56.3 Å². The number of sulfonamides is 1. The van der Waals surface area contributed by atoms with E-state index in [2.05, 4.69) is 20.7 Å². The highest BCUT2D eigenvalue weighted by molar-refractivity contribution is 7.89. The highest BCUT2D eigenvalue weighted by Gasteiger charge is 2.42. The van der Waals surface area contributed by atoms with Gasteiger partial charge in [-0.25, -0.2) is 22.7 Å². The van der Waals surface area contributed by atoms with E-state index >= 15 is 0 Å². The number of imide groups is 1. The van der Waals surface area contributed by atoms with Crippen molar-refractivity contribution in [2.45, 2.75) is 62.9 Å². The maximum Gasteiger partial charge on any atom is 0.260 e. The predicted molar refractivity (Wildman–Crippen MR) is 179 cm³/mol. The first kappa shape index (κ1) is 33.6. The molecule has 3 saturated heterocycles. The number of aryl methyl sites for hydroxylation is 2. The van der Waals surface area contributed by atoms with Crippen molar-refractivity contribution in [2.24, 2.45) is 7.05 Å². The Morgan fingerprint density at radius 3 is 2.62 bits per heavy atom. The van der Waals surface area contributed by atoms with Crippen LogP contribution in [0.1, 0.15) is 53.6 Å². The van der Waals surface area contributed by atoms with Crippen LogP contribution in [-0.4, -0.2) is 116 Å². The smallest absolute Gasteiger partial charge is 0.260 e. The molecule has 4 amide bonds. The molecule has 17 heteroatoms. The lowest BCUT2D eigenvalue weighted by Gasteiger charge is -2.33. The second-order valence-electron chi connectivity index (χ2n) is 13.2. The van der Waals surface area contributed by atoms with Crippen molar-refractivity contribution in [3.8, 4) is 17.0 Å². The summed E-state index contributed by atoms with van der Waals surface area (Å²) in [5.74, 6) is -0.718. The molecule has 3 fully saturated rings. The van der Waals surface area contributed by atoms with Crippen molar-refractivity contribution in [3.05, 3.63) is 53.5 Å². The van der Waals surface area contributed by atoms with Gasteiger partial charge in [0.2, 0.25) is 27.8 Å². The number of likely N-dealkylation sites (tertiary alicyclic amines) is 1. The minimum atomic E-state index is -3.64. The average Bonchev–Trinajstić information content (AvgIpc) is 3.85. The summed E-state index contributed by atoms with van der Waals surface area (Å²) >= 11 is 0. The summed E-state index contributed by atoms with van der Waals surface area (Å²) in [6.45, 7) is 2.81. The normalized spacial score (nSPS) is 21.8. The summed E-state index contributed by atoms with van der Waals surface area (Å²) in [6.07, 6.45) is 7.31. The Kier molecular flexibility index (Phi) is 9.02. The Bertz CT molecular complexity index is 1960. The molecule has 16 nitrogen and oxygen atoms in total. The number of anilines is 1. The number of ether oxygens (including phenoxy) is 1. The van der Waals surface area contributed by atoms with Crippen LogP contribution in [0.2, 0.25) is 0 Å². The molecule has 4 aliphatic rings. The fraction of sp³-hybridized carbons (Fsp3) is 0.485. The second-order valence-corrected chi connectivity index (χ2v) is 15.4. The molecule has 7 rings (SSSR count). The predicted octanol–water partition coefficient (Wildman–Crippen LogP) is 0.833. The SMILES string of the molecule is Cc1cnc(NC2CCN(S(=O)(=O)C3CCN(C(=O)COc4cccc5c4CN(C4CCC(=O)NC4=O)C5=O)C3)CC2)nc1-c1cnn(C)c1. The molecule has 2 atom stereocenters. The van der Waals surface area contributed by atoms with Crippen LogP contribution in [0.3, 0.4) is 0 Å².